The standard InChI is InChI=1S/C19H14N8O6S/c1-26-17(29)12(9-20)14(13-3-2-8-33-13)22-19(26)27-18(30)15(16(28)25-27)24-23-10-4-6-11(7-5-10)34(21,31)32/h2-8,15H,1H3,(H,25,28)(H2,21,31,32). The highest BCUT2D eigenvalue weighted by molar-refractivity contribution is 7.89. The number of nitrogens with two attached hydrogens (primary N) is 1. The van der Waals surface area contributed by atoms with Crippen LogP contribution in [0, 0.1) is 11.3 Å². The third-order valence-corrected chi connectivity index (χ3v) is 5.64. The molecule has 4 rings (SSSR count). The number of carbonyl (C=O) groups excluding carboxylic acids is 2. The van der Waals surface area contributed by atoms with Crippen molar-refractivity contribution in [2.45, 2.75) is 10.9 Å². The van der Waals surface area contributed by atoms with E-state index in [0.29, 0.717) is 0 Å². The molecular weight excluding hydrogens is 468 g/mol. The van der Waals surface area contributed by atoms with E-state index < -0.39 is 33.4 Å². The van der Waals surface area contributed by atoms with Crippen molar-refractivity contribution in [3.05, 3.63) is 58.6 Å². The maximum atomic E-state index is 12.9. The Morgan fingerprint density at radius 3 is 2.50 bits per heavy atom. The van der Waals surface area contributed by atoms with Crippen LogP contribution >= 0.6 is 0 Å². The van der Waals surface area contributed by atoms with Gasteiger partial charge in [-0.05, 0) is 36.4 Å². The Kier molecular flexibility index (Phi) is 5.53. The molecule has 14 nitrogen and oxygen atoms in total. The van der Waals surface area contributed by atoms with Gasteiger partial charge in [0.1, 0.15) is 17.3 Å². The number of hydrogen-bond acceptors (Lipinski definition) is 10. The highest BCUT2D eigenvalue weighted by Crippen LogP contribution is 2.24. The quantitative estimate of drug-likeness (QED) is 0.375. The van der Waals surface area contributed by atoms with Crippen LogP contribution in [0.15, 0.2) is 67.0 Å². The molecule has 15 heteroatoms. The van der Waals surface area contributed by atoms with Gasteiger partial charge in [0.15, 0.2) is 5.76 Å². The van der Waals surface area contributed by atoms with Crippen LogP contribution in [-0.4, -0.2) is 35.8 Å². The number of nitriles is 1. The van der Waals surface area contributed by atoms with Crippen LogP contribution in [0.5, 0.6) is 0 Å². The van der Waals surface area contributed by atoms with Crippen molar-refractivity contribution in [2.24, 2.45) is 22.4 Å². The highest BCUT2D eigenvalue weighted by atomic mass is 32.2. The molecule has 2 amide bonds. The van der Waals surface area contributed by atoms with E-state index >= 15 is 0 Å². The van der Waals surface area contributed by atoms with E-state index in [1.807, 2.05) is 0 Å². The molecule has 0 bridgehead atoms. The molecule has 3 heterocycles. The summed E-state index contributed by atoms with van der Waals surface area (Å²) in [5, 5.41) is 22.7. The number of nitrogens with zero attached hydrogens (tertiary/aromatic N) is 6. The number of benzene rings is 1. The van der Waals surface area contributed by atoms with Crippen LogP contribution in [0.25, 0.3) is 11.5 Å². The van der Waals surface area contributed by atoms with Gasteiger partial charge in [-0.3, -0.25) is 24.4 Å². The highest BCUT2D eigenvalue weighted by Gasteiger charge is 2.43. The summed E-state index contributed by atoms with van der Waals surface area (Å²) < 4.78 is 28.8. The van der Waals surface area contributed by atoms with E-state index in [-0.39, 0.29) is 33.5 Å². The Morgan fingerprint density at radius 2 is 1.91 bits per heavy atom. The predicted molar refractivity (Wildman–Crippen MR) is 114 cm³/mol. The van der Waals surface area contributed by atoms with E-state index in [0.717, 1.165) is 9.58 Å². The zero-order valence-electron chi connectivity index (χ0n) is 17.2. The number of aromatic nitrogens is 2. The molecule has 1 atom stereocenters. The van der Waals surface area contributed by atoms with Crippen LogP contribution in [0.3, 0.4) is 0 Å². The summed E-state index contributed by atoms with van der Waals surface area (Å²) in [6.45, 7) is 0. The molecule has 0 radical (unpaired) electrons. The summed E-state index contributed by atoms with van der Waals surface area (Å²) in [4.78, 5) is 42.0. The zero-order chi connectivity index (χ0) is 24.6. The Hall–Kier alpha value is -4.68. The fourth-order valence-electron chi connectivity index (χ4n) is 3.02. The Labute approximate surface area is 191 Å². The maximum absolute atomic E-state index is 12.9. The van der Waals surface area contributed by atoms with Gasteiger partial charge in [0.25, 0.3) is 17.4 Å². The van der Waals surface area contributed by atoms with Gasteiger partial charge in [-0.1, -0.05) is 0 Å². The lowest BCUT2D eigenvalue weighted by molar-refractivity contribution is -0.124. The first kappa shape index (κ1) is 22.5. The zero-order valence-corrected chi connectivity index (χ0v) is 18.1. The first-order valence-electron chi connectivity index (χ1n) is 9.35. The van der Waals surface area contributed by atoms with Crippen molar-refractivity contribution < 1.29 is 22.4 Å². The SMILES string of the molecule is Cn1c(N2NC(=O)C(N=Nc3ccc(S(N)(=O)=O)cc3)C2=O)nc(-c2ccco2)c(C#N)c1=O. The number of anilines is 1. The fourth-order valence-corrected chi connectivity index (χ4v) is 3.54. The predicted octanol–water partition coefficient (Wildman–Crippen LogP) is 0.0897. The second kappa shape index (κ2) is 8.35. The number of furan rings is 1. The van der Waals surface area contributed by atoms with Gasteiger partial charge in [-0.15, -0.1) is 0 Å². The van der Waals surface area contributed by atoms with Crippen molar-refractivity contribution in [1.29, 1.82) is 5.26 Å². The number of primary sulfonamides is 1. The van der Waals surface area contributed by atoms with E-state index in [2.05, 4.69) is 20.6 Å². The van der Waals surface area contributed by atoms with Crippen molar-refractivity contribution in [2.75, 3.05) is 5.01 Å². The number of amides is 2. The van der Waals surface area contributed by atoms with E-state index in [4.69, 9.17) is 9.56 Å². The largest absolute Gasteiger partial charge is 0.463 e. The van der Waals surface area contributed by atoms with E-state index in [1.165, 1.54) is 49.7 Å². The summed E-state index contributed by atoms with van der Waals surface area (Å²) in [5.74, 6) is -1.88. The van der Waals surface area contributed by atoms with Crippen molar-refractivity contribution >= 4 is 33.5 Å². The number of nitrogens with one attached hydrogen (secondary N) is 1. The molecule has 1 fully saturated rings. The number of hydrazine groups is 1. The van der Waals surface area contributed by atoms with Crippen molar-refractivity contribution in [1.82, 2.24) is 15.0 Å². The lowest BCUT2D eigenvalue weighted by atomic mass is 10.2. The van der Waals surface area contributed by atoms with Gasteiger partial charge in [0.2, 0.25) is 22.0 Å². The molecule has 1 aromatic carbocycles. The van der Waals surface area contributed by atoms with Gasteiger partial charge in [0, 0.05) is 7.05 Å². The number of carbonyl (C=O) groups is 2. The summed E-state index contributed by atoms with van der Waals surface area (Å²) in [6.07, 6.45) is 1.32. The summed E-state index contributed by atoms with van der Waals surface area (Å²) >= 11 is 0. The van der Waals surface area contributed by atoms with Gasteiger partial charge in [0.05, 0.1) is 16.8 Å². The minimum absolute atomic E-state index is 0.104. The molecule has 0 saturated carbocycles. The van der Waals surface area contributed by atoms with Gasteiger partial charge in [-0.2, -0.15) is 20.5 Å². The minimum atomic E-state index is -3.90. The third kappa shape index (κ3) is 3.94. The smallest absolute Gasteiger partial charge is 0.284 e. The molecular formula is C19H14N8O6S. The van der Waals surface area contributed by atoms with Crippen molar-refractivity contribution in [3.63, 3.8) is 0 Å². The molecule has 3 aromatic rings. The normalized spacial score (nSPS) is 16.1. The lowest BCUT2D eigenvalue weighted by Gasteiger charge is -2.18. The minimum Gasteiger partial charge on any atom is -0.463 e. The van der Waals surface area contributed by atoms with Gasteiger partial charge in [-0.25, -0.2) is 18.5 Å². The molecule has 1 unspecified atom stereocenters. The van der Waals surface area contributed by atoms with Crippen LogP contribution in [0.1, 0.15) is 5.56 Å². The molecule has 0 spiro atoms. The van der Waals surface area contributed by atoms with Crippen LogP contribution in [0.4, 0.5) is 11.6 Å². The summed E-state index contributed by atoms with van der Waals surface area (Å²) in [5.41, 5.74) is 1.26. The van der Waals surface area contributed by atoms with Gasteiger partial charge < -0.3 is 4.42 Å². The summed E-state index contributed by atoms with van der Waals surface area (Å²) in [7, 11) is -2.62. The molecule has 0 aliphatic carbocycles. The fraction of sp³-hybridized carbons (Fsp3) is 0.105. The molecule has 1 aliphatic rings. The second-order valence-electron chi connectivity index (χ2n) is 6.90. The number of azo groups is 1. The first-order valence-corrected chi connectivity index (χ1v) is 10.9. The average Bonchev–Trinajstić information content (AvgIpc) is 3.42. The third-order valence-electron chi connectivity index (χ3n) is 4.71. The van der Waals surface area contributed by atoms with Crippen LogP contribution in [-0.2, 0) is 26.7 Å². The maximum Gasteiger partial charge on any atom is 0.284 e. The molecule has 1 aliphatic heterocycles. The first-order chi connectivity index (χ1) is 16.1. The topological polar surface area (TPSA) is 206 Å². The Bertz CT molecular complexity index is 1540. The molecule has 1 saturated heterocycles. The molecule has 34 heavy (non-hydrogen) atoms. The van der Waals surface area contributed by atoms with Crippen LogP contribution in [0.2, 0.25) is 0 Å². The monoisotopic (exact) mass is 482 g/mol. The number of rotatable bonds is 5. The van der Waals surface area contributed by atoms with E-state index in [1.54, 1.807) is 6.07 Å². The Balaban J connectivity index is 1.66. The van der Waals surface area contributed by atoms with Crippen molar-refractivity contribution in [3.8, 4) is 17.5 Å². The second-order valence-corrected chi connectivity index (χ2v) is 8.46. The molecule has 3 N–H and O–H groups in total. The Morgan fingerprint density at radius 1 is 1.21 bits per heavy atom. The van der Waals surface area contributed by atoms with E-state index in [9.17, 15) is 28.1 Å². The molecule has 172 valence electrons. The molecule has 2 aromatic heterocycles. The number of sulfonamides is 1. The summed E-state index contributed by atoms with van der Waals surface area (Å²) in [6, 6.07) is 8.15. The average molecular weight is 482 g/mol. The van der Waals surface area contributed by atoms with Crippen LogP contribution < -0.4 is 21.1 Å². The lowest BCUT2D eigenvalue weighted by Crippen LogP contribution is -2.41. The van der Waals surface area contributed by atoms with Gasteiger partial charge >= 0.3 is 0 Å². The number of hydrogen-bond donors (Lipinski definition) is 2.